The Morgan fingerprint density at radius 2 is 2.04 bits per heavy atom. The Hall–Kier alpha value is -1.84. The van der Waals surface area contributed by atoms with Crippen molar-refractivity contribution in [3.63, 3.8) is 0 Å². The van der Waals surface area contributed by atoms with E-state index in [0.29, 0.717) is 12.0 Å². The van der Waals surface area contributed by atoms with Crippen molar-refractivity contribution in [2.45, 2.75) is 31.1 Å². The maximum atomic E-state index is 12.5. The van der Waals surface area contributed by atoms with Crippen LogP contribution in [0.25, 0.3) is 0 Å². The van der Waals surface area contributed by atoms with Gasteiger partial charge in [0, 0.05) is 31.6 Å². The van der Waals surface area contributed by atoms with E-state index in [4.69, 9.17) is 0 Å². The molecule has 1 fully saturated rings. The molecule has 9 heteroatoms. The highest BCUT2D eigenvalue weighted by Crippen LogP contribution is 2.17. The zero-order valence-electron chi connectivity index (χ0n) is 13.9. The Balaban J connectivity index is 1.67. The van der Waals surface area contributed by atoms with E-state index < -0.39 is 10.0 Å². The monoisotopic (exact) mass is 380 g/mol. The lowest BCUT2D eigenvalue weighted by molar-refractivity contribution is 0.0792. The first kappa shape index (κ1) is 18.0. The van der Waals surface area contributed by atoms with E-state index in [1.807, 2.05) is 6.92 Å². The second-order valence-electron chi connectivity index (χ2n) is 5.89. The van der Waals surface area contributed by atoms with Crippen molar-refractivity contribution in [2.75, 3.05) is 19.6 Å². The number of likely N-dealkylation sites (tertiary alicyclic amines) is 1. The van der Waals surface area contributed by atoms with Crippen LogP contribution < -0.4 is 4.72 Å². The minimum atomic E-state index is -3.67. The molecule has 0 aliphatic carbocycles. The van der Waals surface area contributed by atoms with Gasteiger partial charge in [-0.25, -0.2) is 13.1 Å². The van der Waals surface area contributed by atoms with Gasteiger partial charge in [0.15, 0.2) is 0 Å². The highest BCUT2D eigenvalue weighted by molar-refractivity contribution is 7.89. The second kappa shape index (κ2) is 7.59. The van der Waals surface area contributed by atoms with E-state index in [1.165, 1.54) is 23.5 Å². The van der Waals surface area contributed by atoms with Crippen molar-refractivity contribution < 1.29 is 13.2 Å². The van der Waals surface area contributed by atoms with E-state index in [-0.39, 0.29) is 17.3 Å². The minimum absolute atomic E-state index is 0.103. The van der Waals surface area contributed by atoms with E-state index in [2.05, 4.69) is 14.9 Å². The molecule has 0 radical (unpaired) electrons. The minimum Gasteiger partial charge on any atom is -0.339 e. The molecule has 1 aromatic carbocycles. The normalized spacial score (nSPS) is 14.8. The van der Waals surface area contributed by atoms with Crippen LogP contribution >= 0.6 is 11.3 Å². The number of hydrogen-bond donors (Lipinski definition) is 1. The molecular formula is C16H20N4O3S2. The number of amides is 1. The zero-order valence-corrected chi connectivity index (χ0v) is 15.6. The number of aromatic nitrogens is 2. The summed E-state index contributed by atoms with van der Waals surface area (Å²) in [6, 6.07) is 6.20. The Labute approximate surface area is 151 Å². The summed E-state index contributed by atoms with van der Waals surface area (Å²) in [6.07, 6.45) is 2.48. The third kappa shape index (κ3) is 4.42. The molecule has 0 spiro atoms. The first-order valence-electron chi connectivity index (χ1n) is 8.14. The van der Waals surface area contributed by atoms with Gasteiger partial charge in [0.05, 0.1) is 4.90 Å². The maximum Gasteiger partial charge on any atom is 0.253 e. The quantitative estimate of drug-likeness (QED) is 0.822. The average Bonchev–Trinajstić information content (AvgIpc) is 3.26. The van der Waals surface area contributed by atoms with Crippen molar-refractivity contribution in [1.29, 1.82) is 0 Å². The van der Waals surface area contributed by atoms with Crippen LogP contribution in [0.4, 0.5) is 0 Å². The van der Waals surface area contributed by atoms with Crippen LogP contribution in [-0.2, 0) is 16.4 Å². The number of sulfonamides is 1. The molecule has 1 amide bonds. The van der Waals surface area contributed by atoms with Crippen LogP contribution in [0.3, 0.4) is 0 Å². The van der Waals surface area contributed by atoms with Gasteiger partial charge in [0.2, 0.25) is 10.0 Å². The predicted octanol–water partition coefficient (Wildman–Crippen LogP) is 1.60. The van der Waals surface area contributed by atoms with Gasteiger partial charge in [0.25, 0.3) is 5.91 Å². The fourth-order valence-electron chi connectivity index (χ4n) is 2.71. The topological polar surface area (TPSA) is 92.3 Å². The van der Waals surface area contributed by atoms with Crippen LogP contribution in [0.1, 0.15) is 33.2 Å². The predicted molar refractivity (Wildman–Crippen MR) is 95.1 cm³/mol. The fourth-order valence-corrected chi connectivity index (χ4v) is 4.50. The Morgan fingerprint density at radius 1 is 1.28 bits per heavy atom. The Bertz CT molecular complexity index is 858. The summed E-state index contributed by atoms with van der Waals surface area (Å²) in [4.78, 5) is 14.3. The molecule has 3 rings (SSSR count). The molecule has 0 atom stereocenters. The molecule has 2 heterocycles. The molecule has 2 aromatic rings. The summed E-state index contributed by atoms with van der Waals surface area (Å²) in [7, 11) is -3.67. The van der Waals surface area contributed by atoms with Gasteiger partial charge in [-0.3, -0.25) is 4.79 Å². The van der Waals surface area contributed by atoms with Crippen molar-refractivity contribution in [3.05, 3.63) is 39.8 Å². The smallest absolute Gasteiger partial charge is 0.253 e. The third-order valence-corrected chi connectivity index (χ3v) is 6.34. The largest absolute Gasteiger partial charge is 0.339 e. The molecule has 1 aliphatic heterocycles. The van der Waals surface area contributed by atoms with Crippen LogP contribution in [0.2, 0.25) is 0 Å². The molecule has 1 aromatic heterocycles. The van der Waals surface area contributed by atoms with E-state index in [1.54, 1.807) is 17.0 Å². The zero-order chi connectivity index (χ0) is 17.9. The Kier molecular flexibility index (Phi) is 5.45. The van der Waals surface area contributed by atoms with E-state index in [0.717, 1.165) is 35.9 Å². The number of nitrogens with one attached hydrogen (secondary N) is 1. The molecule has 1 aliphatic rings. The number of benzene rings is 1. The number of carbonyl (C=O) groups is 1. The number of aryl methyl sites for hydroxylation is 1. The summed E-state index contributed by atoms with van der Waals surface area (Å²) >= 11 is 1.45. The van der Waals surface area contributed by atoms with Gasteiger partial charge in [-0.1, -0.05) is 6.07 Å². The van der Waals surface area contributed by atoms with Crippen LogP contribution in [0, 0.1) is 6.92 Å². The van der Waals surface area contributed by atoms with Crippen LogP contribution in [0.15, 0.2) is 29.2 Å². The highest BCUT2D eigenvalue weighted by Gasteiger charge is 2.21. The number of carbonyl (C=O) groups excluding carboxylic acids is 1. The molecule has 25 heavy (non-hydrogen) atoms. The average molecular weight is 380 g/mol. The summed E-state index contributed by atoms with van der Waals surface area (Å²) in [5.74, 6) is -0.112. The third-order valence-electron chi connectivity index (χ3n) is 3.98. The summed E-state index contributed by atoms with van der Waals surface area (Å²) in [5.41, 5.74) is 0.407. The molecule has 134 valence electrons. The van der Waals surface area contributed by atoms with E-state index in [9.17, 15) is 13.2 Å². The van der Waals surface area contributed by atoms with Crippen molar-refractivity contribution in [2.24, 2.45) is 0 Å². The van der Waals surface area contributed by atoms with Gasteiger partial charge in [-0.05, 0) is 38.0 Å². The fraction of sp³-hybridized carbons (Fsp3) is 0.438. The van der Waals surface area contributed by atoms with Crippen LogP contribution in [-0.4, -0.2) is 49.1 Å². The molecule has 0 bridgehead atoms. The van der Waals surface area contributed by atoms with Crippen molar-refractivity contribution in [1.82, 2.24) is 19.8 Å². The number of rotatable bonds is 6. The molecular weight excluding hydrogens is 360 g/mol. The Morgan fingerprint density at radius 3 is 2.72 bits per heavy atom. The lowest BCUT2D eigenvalue weighted by Crippen LogP contribution is -2.29. The molecule has 7 nitrogen and oxygen atoms in total. The lowest BCUT2D eigenvalue weighted by atomic mass is 10.2. The second-order valence-corrected chi connectivity index (χ2v) is 8.92. The summed E-state index contributed by atoms with van der Waals surface area (Å²) in [6.45, 7) is 3.56. The van der Waals surface area contributed by atoms with Gasteiger partial charge in [0.1, 0.15) is 10.0 Å². The van der Waals surface area contributed by atoms with Gasteiger partial charge < -0.3 is 4.90 Å². The summed E-state index contributed by atoms with van der Waals surface area (Å²) in [5, 5.41) is 9.52. The highest BCUT2D eigenvalue weighted by atomic mass is 32.2. The molecule has 1 N–H and O–H groups in total. The molecule has 1 saturated heterocycles. The molecule has 0 unspecified atom stereocenters. The SMILES string of the molecule is Cc1nnc(CCNS(=O)(=O)c2cccc(C(=O)N3CCCC3)c2)s1. The summed E-state index contributed by atoms with van der Waals surface area (Å²) < 4.78 is 27.5. The van der Waals surface area contributed by atoms with Gasteiger partial charge in [-0.2, -0.15) is 0 Å². The van der Waals surface area contributed by atoms with Gasteiger partial charge in [-0.15, -0.1) is 21.5 Å². The van der Waals surface area contributed by atoms with Crippen molar-refractivity contribution in [3.8, 4) is 0 Å². The first-order valence-corrected chi connectivity index (χ1v) is 10.4. The first-order chi connectivity index (χ1) is 12.0. The standard InChI is InChI=1S/C16H20N4O3S2/c1-12-18-19-15(24-12)7-8-17-25(22,23)14-6-4-5-13(11-14)16(21)20-9-2-3-10-20/h4-6,11,17H,2-3,7-10H2,1H3. The van der Waals surface area contributed by atoms with Crippen molar-refractivity contribution >= 4 is 27.3 Å². The maximum absolute atomic E-state index is 12.5. The van der Waals surface area contributed by atoms with Crippen LogP contribution in [0.5, 0.6) is 0 Å². The number of hydrogen-bond acceptors (Lipinski definition) is 6. The number of nitrogens with zero attached hydrogens (tertiary/aromatic N) is 3. The molecule has 0 saturated carbocycles. The van der Waals surface area contributed by atoms with Gasteiger partial charge >= 0.3 is 0 Å². The lowest BCUT2D eigenvalue weighted by Gasteiger charge is -2.15. The van der Waals surface area contributed by atoms with E-state index >= 15 is 0 Å².